The second-order valence-corrected chi connectivity index (χ2v) is 8.18. The van der Waals surface area contributed by atoms with Gasteiger partial charge in [0.25, 0.3) is 5.56 Å². The molecule has 1 unspecified atom stereocenters. The number of hydrogen-bond donors (Lipinski definition) is 2. The number of H-pyrrole nitrogens is 1. The van der Waals surface area contributed by atoms with Crippen LogP contribution >= 0.6 is 0 Å². The molecule has 2 aromatic carbocycles. The van der Waals surface area contributed by atoms with Gasteiger partial charge in [0.15, 0.2) is 0 Å². The average Bonchev–Trinajstić information content (AvgIpc) is 2.79. The lowest BCUT2D eigenvalue weighted by molar-refractivity contribution is 0.0630. The summed E-state index contributed by atoms with van der Waals surface area (Å²) in [5.74, 6) is 2.21. The van der Waals surface area contributed by atoms with Crippen LogP contribution in [0.4, 0.5) is 0 Å². The molecular weight excluding hydrogens is 406 g/mol. The summed E-state index contributed by atoms with van der Waals surface area (Å²) in [5.41, 5.74) is 3.48. The van der Waals surface area contributed by atoms with E-state index in [9.17, 15) is 9.90 Å². The van der Waals surface area contributed by atoms with Crippen LogP contribution in [0.2, 0.25) is 0 Å². The zero-order valence-electron chi connectivity index (χ0n) is 18.5. The van der Waals surface area contributed by atoms with Crippen molar-refractivity contribution in [3.8, 4) is 11.5 Å². The molecule has 0 spiro atoms. The third-order valence-corrected chi connectivity index (χ3v) is 5.70. The Labute approximate surface area is 187 Å². The van der Waals surface area contributed by atoms with Gasteiger partial charge in [-0.3, -0.25) is 9.69 Å². The van der Waals surface area contributed by atoms with Crippen LogP contribution in [0, 0.1) is 6.92 Å². The van der Waals surface area contributed by atoms with Crippen LogP contribution in [0.5, 0.6) is 11.5 Å². The first-order valence-corrected chi connectivity index (χ1v) is 10.8. The largest absolute Gasteiger partial charge is 0.497 e. The molecule has 0 amide bonds. The molecule has 168 valence electrons. The quantitative estimate of drug-likeness (QED) is 0.565. The fourth-order valence-electron chi connectivity index (χ4n) is 4.00. The molecule has 0 bridgehead atoms. The van der Waals surface area contributed by atoms with Gasteiger partial charge >= 0.3 is 0 Å². The monoisotopic (exact) mass is 435 g/mol. The average molecular weight is 436 g/mol. The van der Waals surface area contributed by atoms with E-state index in [1.54, 1.807) is 7.11 Å². The number of hydrogen-bond acceptors (Lipinski definition) is 6. The van der Waals surface area contributed by atoms with Gasteiger partial charge in [0.2, 0.25) is 0 Å². The van der Waals surface area contributed by atoms with Crippen LogP contribution < -0.4 is 15.0 Å². The van der Waals surface area contributed by atoms with Crippen LogP contribution in [0.15, 0.2) is 53.3 Å². The number of rotatable bonds is 8. The lowest BCUT2D eigenvalue weighted by atomic mass is 10.1. The maximum atomic E-state index is 12.7. The number of methoxy groups -OCH3 is 1. The Balaban J connectivity index is 1.37. The topological polar surface area (TPSA) is 87.7 Å². The highest BCUT2D eigenvalue weighted by atomic mass is 16.5. The third-order valence-electron chi connectivity index (χ3n) is 5.70. The number of nitrogens with zero attached hydrogens (tertiary/aromatic N) is 2. The van der Waals surface area contributed by atoms with Gasteiger partial charge in [-0.1, -0.05) is 30.3 Å². The molecule has 0 fully saturated rings. The lowest BCUT2D eigenvalue weighted by Gasteiger charge is -2.29. The Bertz CT molecular complexity index is 1130. The van der Waals surface area contributed by atoms with Crippen molar-refractivity contribution in [1.82, 2.24) is 14.9 Å². The van der Waals surface area contributed by atoms with Crippen molar-refractivity contribution in [2.45, 2.75) is 32.4 Å². The van der Waals surface area contributed by atoms with Gasteiger partial charge in [-0.05, 0) is 36.2 Å². The second kappa shape index (κ2) is 9.97. The number of aromatic nitrogens is 2. The van der Waals surface area contributed by atoms with Gasteiger partial charge in [-0.25, -0.2) is 4.98 Å². The number of β-amino-alcohol motifs (C(OH)–C–C–N with tert-alkyl or cyclic N) is 1. The molecule has 0 saturated carbocycles. The molecule has 0 aliphatic carbocycles. The van der Waals surface area contributed by atoms with E-state index in [2.05, 4.69) is 9.88 Å². The minimum atomic E-state index is -0.643. The van der Waals surface area contributed by atoms with Crippen LogP contribution in [0.25, 0.3) is 0 Å². The van der Waals surface area contributed by atoms with Crippen LogP contribution in [-0.4, -0.2) is 52.9 Å². The summed E-state index contributed by atoms with van der Waals surface area (Å²) in [7, 11) is 1.63. The number of fused-ring (bicyclic) bond motifs is 1. The first-order valence-electron chi connectivity index (χ1n) is 10.8. The van der Waals surface area contributed by atoms with Gasteiger partial charge in [-0.2, -0.15) is 0 Å². The first kappa shape index (κ1) is 22.0. The van der Waals surface area contributed by atoms with Gasteiger partial charge in [0.05, 0.1) is 18.4 Å². The Morgan fingerprint density at radius 2 is 2.06 bits per heavy atom. The zero-order valence-corrected chi connectivity index (χ0v) is 18.5. The van der Waals surface area contributed by atoms with Crippen LogP contribution in [0.1, 0.15) is 28.2 Å². The summed E-state index contributed by atoms with van der Waals surface area (Å²) >= 11 is 0. The van der Waals surface area contributed by atoms with Crippen molar-refractivity contribution in [3.05, 3.63) is 87.1 Å². The summed E-state index contributed by atoms with van der Waals surface area (Å²) in [6, 6.07) is 15.5. The van der Waals surface area contributed by atoms with Crippen molar-refractivity contribution in [1.29, 1.82) is 0 Å². The molecule has 32 heavy (non-hydrogen) atoms. The number of benzene rings is 2. The van der Waals surface area contributed by atoms with Gasteiger partial charge in [0.1, 0.15) is 30.0 Å². The van der Waals surface area contributed by atoms with E-state index in [4.69, 9.17) is 14.5 Å². The molecule has 1 aromatic heterocycles. The van der Waals surface area contributed by atoms with Crippen molar-refractivity contribution < 1.29 is 14.6 Å². The maximum Gasteiger partial charge on any atom is 0.255 e. The van der Waals surface area contributed by atoms with Gasteiger partial charge in [-0.15, -0.1) is 0 Å². The molecule has 1 atom stereocenters. The van der Waals surface area contributed by atoms with E-state index in [0.717, 1.165) is 34.9 Å². The van der Waals surface area contributed by atoms with Crippen LogP contribution in [0.3, 0.4) is 0 Å². The highest BCUT2D eigenvalue weighted by Crippen LogP contribution is 2.19. The number of aryl methyl sites for hydroxylation is 1. The Morgan fingerprint density at radius 3 is 2.88 bits per heavy atom. The predicted molar refractivity (Wildman–Crippen MR) is 122 cm³/mol. The Morgan fingerprint density at radius 1 is 1.22 bits per heavy atom. The third kappa shape index (κ3) is 5.36. The van der Waals surface area contributed by atoms with Crippen molar-refractivity contribution in [2.24, 2.45) is 0 Å². The molecule has 7 nitrogen and oxygen atoms in total. The lowest BCUT2D eigenvalue weighted by Crippen LogP contribution is -2.41. The fourth-order valence-corrected chi connectivity index (χ4v) is 4.00. The highest BCUT2D eigenvalue weighted by Gasteiger charge is 2.23. The smallest absolute Gasteiger partial charge is 0.255 e. The number of aliphatic hydroxyl groups is 1. The molecule has 4 rings (SSSR count). The van der Waals surface area contributed by atoms with Gasteiger partial charge in [0, 0.05) is 32.5 Å². The van der Waals surface area contributed by atoms with E-state index < -0.39 is 6.10 Å². The molecular formula is C25H29N3O4. The van der Waals surface area contributed by atoms with E-state index in [-0.39, 0.29) is 12.2 Å². The second-order valence-electron chi connectivity index (χ2n) is 8.18. The summed E-state index contributed by atoms with van der Waals surface area (Å²) in [5, 5.41) is 10.4. The molecule has 2 heterocycles. The Kier molecular flexibility index (Phi) is 6.87. The number of aliphatic hydroxyl groups excluding tert-OH is 1. The summed E-state index contributed by atoms with van der Waals surface area (Å²) in [4.78, 5) is 22.5. The minimum Gasteiger partial charge on any atom is -0.497 e. The van der Waals surface area contributed by atoms with E-state index in [1.165, 1.54) is 0 Å². The van der Waals surface area contributed by atoms with Crippen molar-refractivity contribution >= 4 is 0 Å². The molecule has 1 aliphatic heterocycles. The first-order chi connectivity index (χ1) is 15.5. The normalized spacial score (nSPS) is 14.6. The molecule has 2 N–H and O–H groups in total. The molecule has 7 heteroatoms. The number of aromatic amines is 1. The van der Waals surface area contributed by atoms with E-state index in [1.807, 2.05) is 55.5 Å². The van der Waals surface area contributed by atoms with Crippen LogP contribution in [-0.2, 0) is 19.4 Å². The number of ether oxygens (including phenoxy) is 2. The summed E-state index contributed by atoms with van der Waals surface area (Å²) in [6.07, 6.45) is 0.573. The Hall–Kier alpha value is -3.16. The molecule has 0 radical (unpaired) electrons. The highest BCUT2D eigenvalue weighted by molar-refractivity contribution is 5.32. The molecule has 0 saturated heterocycles. The van der Waals surface area contributed by atoms with Crippen molar-refractivity contribution in [2.75, 3.05) is 26.8 Å². The van der Waals surface area contributed by atoms with E-state index >= 15 is 0 Å². The predicted octanol–water partition coefficient (Wildman–Crippen LogP) is 2.48. The zero-order chi connectivity index (χ0) is 22.5. The molecule has 3 aromatic rings. The number of nitrogens with one attached hydrogen (secondary N) is 1. The van der Waals surface area contributed by atoms with E-state index in [0.29, 0.717) is 37.3 Å². The van der Waals surface area contributed by atoms with Crippen molar-refractivity contribution in [3.63, 3.8) is 0 Å². The summed E-state index contributed by atoms with van der Waals surface area (Å²) < 4.78 is 11.0. The standard InChI is InChI=1S/C25H29N3O4/c1-17-6-3-4-9-23(17)32-16-19(29)14-28-11-10-22-21(15-28)25(30)27-24(26-22)13-18-7-5-8-20(12-18)31-2/h3-9,12,19,29H,10-11,13-16H2,1-2H3,(H,26,27,30). The number of para-hydroxylation sites is 1. The van der Waals surface area contributed by atoms with Gasteiger partial charge < -0.3 is 19.6 Å². The molecule has 1 aliphatic rings. The SMILES string of the molecule is COc1cccc(Cc2nc3c(c(=O)[nH]2)CN(CC(O)COc2ccccc2C)CC3)c1. The maximum absolute atomic E-state index is 12.7. The summed E-state index contributed by atoms with van der Waals surface area (Å²) in [6.45, 7) is 3.84. The minimum absolute atomic E-state index is 0.108. The fraction of sp³-hybridized carbons (Fsp3) is 0.360.